The molecular weight excluding hydrogens is 489 g/mol. The number of fused-ring (bicyclic) bond motifs is 1. The van der Waals surface area contributed by atoms with Crippen molar-refractivity contribution >= 4 is 17.5 Å². The molecule has 1 fully saturated rings. The molecule has 0 unspecified atom stereocenters. The predicted octanol–water partition coefficient (Wildman–Crippen LogP) is 5.91. The minimum Gasteiger partial charge on any atom is -0.358 e. The van der Waals surface area contributed by atoms with Gasteiger partial charge < -0.3 is 9.88 Å². The molecule has 5 nitrogen and oxygen atoms in total. The third kappa shape index (κ3) is 4.89. The first-order valence-corrected chi connectivity index (χ1v) is 12.6. The molecule has 1 aromatic heterocycles. The summed E-state index contributed by atoms with van der Waals surface area (Å²) < 4.78 is 42.1. The molecular formula is C27H28ClF3N4O. The number of benzene rings is 2. The molecule has 3 aromatic rings. The van der Waals surface area contributed by atoms with Crippen LogP contribution in [0.4, 0.5) is 13.2 Å². The molecule has 9 heteroatoms. The van der Waals surface area contributed by atoms with Crippen LogP contribution in [0.2, 0.25) is 5.15 Å². The van der Waals surface area contributed by atoms with Crippen LogP contribution in [0, 0.1) is 0 Å². The number of carbonyl (C=O) groups is 1. The second-order valence-corrected chi connectivity index (χ2v) is 9.85. The van der Waals surface area contributed by atoms with Crippen LogP contribution < -0.4 is 5.32 Å². The third-order valence-corrected chi connectivity index (χ3v) is 7.41. The van der Waals surface area contributed by atoms with Crippen LogP contribution in [0.3, 0.4) is 0 Å². The number of hydrogen-bond donors (Lipinski definition) is 1. The Hall–Kier alpha value is -2.84. The van der Waals surface area contributed by atoms with Crippen molar-refractivity contribution in [2.24, 2.45) is 0 Å². The van der Waals surface area contributed by atoms with Crippen molar-refractivity contribution in [3.63, 3.8) is 0 Å². The molecule has 1 amide bonds. The topological polar surface area (TPSA) is 50.2 Å². The fraction of sp³-hybridized carbons (Fsp3) is 0.407. The van der Waals surface area contributed by atoms with E-state index in [4.69, 9.17) is 11.6 Å². The van der Waals surface area contributed by atoms with Crippen LogP contribution >= 0.6 is 11.6 Å². The van der Waals surface area contributed by atoms with Gasteiger partial charge in [-0.05, 0) is 42.9 Å². The average molecular weight is 517 g/mol. The summed E-state index contributed by atoms with van der Waals surface area (Å²) in [5.74, 6) is 1.24. The molecule has 1 N–H and O–H groups in total. The van der Waals surface area contributed by atoms with Crippen LogP contribution in [-0.4, -0.2) is 34.0 Å². The summed E-state index contributed by atoms with van der Waals surface area (Å²) in [4.78, 5) is 20.0. The number of aromatic nitrogens is 2. The van der Waals surface area contributed by atoms with Gasteiger partial charge in [-0.25, -0.2) is 4.98 Å². The van der Waals surface area contributed by atoms with E-state index in [1.807, 2.05) is 30.3 Å². The minimum absolute atomic E-state index is 0.142. The van der Waals surface area contributed by atoms with E-state index in [1.54, 1.807) is 13.1 Å². The highest BCUT2D eigenvalue weighted by atomic mass is 35.5. The zero-order valence-corrected chi connectivity index (χ0v) is 20.7. The molecule has 2 aliphatic rings. The summed E-state index contributed by atoms with van der Waals surface area (Å²) >= 11 is 6.72. The fourth-order valence-corrected chi connectivity index (χ4v) is 5.59. The first-order valence-electron chi connectivity index (χ1n) is 12.2. The fourth-order valence-electron chi connectivity index (χ4n) is 5.27. The Labute approximate surface area is 213 Å². The summed E-state index contributed by atoms with van der Waals surface area (Å²) in [6.45, 7) is 1.25. The van der Waals surface area contributed by atoms with Crippen molar-refractivity contribution in [2.45, 2.75) is 56.4 Å². The molecule has 2 heterocycles. The van der Waals surface area contributed by atoms with E-state index in [0.717, 1.165) is 36.0 Å². The van der Waals surface area contributed by atoms with Crippen molar-refractivity contribution in [3.05, 3.63) is 88.0 Å². The number of amides is 1. The molecule has 0 bridgehead atoms. The molecule has 1 aliphatic heterocycles. The second kappa shape index (κ2) is 9.90. The minimum atomic E-state index is -4.40. The van der Waals surface area contributed by atoms with Crippen molar-refractivity contribution in [2.75, 3.05) is 13.6 Å². The Morgan fingerprint density at radius 1 is 1.14 bits per heavy atom. The van der Waals surface area contributed by atoms with E-state index in [-0.39, 0.29) is 11.9 Å². The van der Waals surface area contributed by atoms with Crippen molar-refractivity contribution in [3.8, 4) is 0 Å². The number of likely N-dealkylation sites (N-methyl/N-ethyl adjacent to an activating group) is 1. The summed E-state index contributed by atoms with van der Waals surface area (Å²) in [5, 5.41) is 3.21. The molecule has 0 saturated heterocycles. The quantitative estimate of drug-likeness (QED) is 0.425. The zero-order valence-electron chi connectivity index (χ0n) is 19.9. The van der Waals surface area contributed by atoms with Crippen LogP contribution in [0.25, 0.3) is 0 Å². The highest BCUT2D eigenvalue weighted by molar-refractivity contribution is 6.30. The van der Waals surface area contributed by atoms with Gasteiger partial charge in [0.2, 0.25) is 5.91 Å². The molecule has 5 rings (SSSR count). The summed E-state index contributed by atoms with van der Waals surface area (Å²) in [7, 11) is 1.61. The SMILES string of the molecule is CNC(=O)[C@@H](c1ccccc1)N1CCn2c(C3CC3)nc(Cl)c2[C@@H]1CCc1cccc(C(F)(F)F)c1. The normalized spacial score (nSPS) is 19.1. The number of halogens is 4. The number of nitrogens with zero attached hydrogens (tertiary/aromatic N) is 3. The van der Waals surface area contributed by atoms with E-state index in [1.165, 1.54) is 12.1 Å². The van der Waals surface area contributed by atoms with E-state index >= 15 is 0 Å². The maximum absolute atomic E-state index is 13.3. The Balaban J connectivity index is 1.53. The van der Waals surface area contributed by atoms with Gasteiger partial charge in [0.1, 0.15) is 11.9 Å². The number of aryl methyl sites for hydroxylation is 1. The number of carbonyl (C=O) groups excluding carboxylic acids is 1. The maximum atomic E-state index is 13.3. The first kappa shape index (κ1) is 24.8. The molecule has 2 aromatic carbocycles. The largest absolute Gasteiger partial charge is 0.416 e. The van der Waals surface area contributed by atoms with Gasteiger partial charge in [0, 0.05) is 26.1 Å². The van der Waals surface area contributed by atoms with Gasteiger partial charge in [-0.2, -0.15) is 13.2 Å². The van der Waals surface area contributed by atoms with Crippen LogP contribution in [0.5, 0.6) is 0 Å². The van der Waals surface area contributed by atoms with Crippen LogP contribution in [0.1, 0.15) is 65.5 Å². The Morgan fingerprint density at radius 3 is 2.56 bits per heavy atom. The first-order chi connectivity index (χ1) is 17.3. The van der Waals surface area contributed by atoms with E-state index < -0.39 is 17.8 Å². The van der Waals surface area contributed by atoms with Crippen molar-refractivity contribution < 1.29 is 18.0 Å². The van der Waals surface area contributed by atoms with Crippen LogP contribution in [0.15, 0.2) is 54.6 Å². The monoisotopic (exact) mass is 516 g/mol. The molecule has 1 saturated carbocycles. The summed E-state index contributed by atoms with van der Waals surface area (Å²) in [5.41, 5.74) is 1.64. The van der Waals surface area contributed by atoms with Crippen LogP contribution in [-0.2, 0) is 23.9 Å². The van der Waals surface area contributed by atoms with Gasteiger partial charge in [-0.1, -0.05) is 60.1 Å². The molecule has 36 heavy (non-hydrogen) atoms. The predicted molar refractivity (Wildman–Crippen MR) is 132 cm³/mol. The number of hydrogen-bond acceptors (Lipinski definition) is 3. The number of imidazole rings is 1. The Morgan fingerprint density at radius 2 is 1.89 bits per heavy atom. The molecule has 1 aliphatic carbocycles. The number of nitrogens with one attached hydrogen (secondary N) is 1. The highest BCUT2D eigenvalue weighted by Crippen LogP contribution is 2.46. The zero-order chi connectivity index (χ0) is 25.4. The standard InChI is InChI=1S/C27H28ClF3N4O/c1-32-26(36)22(18-7-3-2-4-8-18)34-14-15-35-23(24(28)33-25(35)19-11-12-19)21(34)13-10-17-6-5-9-20(16-17)27(29,30)31/h2-9,16,19,21-22H,10-15H2,1H3,(H,32,36)/t21-,22+/m0/s1. The second-order valence-electron chi connectivity index (χ2n) is 9.49. The van der Waals surface area contributed by atoms with Gasteiger partial charge >= 0.3 is 6.18 Å². The Kier molecular flexibility index (Phi) is 6.83. The molecule has 190 valence electrons. The maximum Gasteiger partial charge on any atom is 0.416 e. The van der Waals surface area contributed by atoms with Gasteiger partial charge in [0.05, 0.1) is 17.3 Å². The number of rotatable bonds is 7. The average Bonchev–Trinajstić information content (AvgIpc) is 3.66. The number of alkyl halides is 3. The molecule has 0 radical (unpaired) electrons. The molecule has 2 atom stereocenters. The van der Waals surface area contributed by atoms with Gasteiger partial charge in [-0.15, -0.1) is 0 Å². The van der Waals surface area contributed by atoms with E-state index in [0.29, 0.717) is 42.6 Å². The van der Waals surface area contributed by atoms with Gasteiger partial charge in [-0.3, -0.25) is 9.69 Å². The smallest absolute Gasteiger partial charge is 0.358 e. The van der Waals surface area contributed by atoms with Crippen molar-refractivity contribution in [1.29, 1.82) is 0 Å². The van der Waals surface area contributed by atoms with Gasteiger partial charge in [0.15, 0.2) is 5.15 Å². The lowest BCUT2D eigenvalue weighted by Crippen LogP contribution is -2.46. The molecule has 0 spiro atoms. The lowest BCUT2D eigenvalue weighted by Gasteiger charge is -2.41. The highest BCUT2D eigenvalue weighted by Gasteiger charge is 2.41. The lowest BCUT2D eigenvalue weighted by atomic mass is 9.95. The Bertz CT molecular complexity index is 1240. The lowest BCUT2D eigenvalue weighted by molar-refractivity contribution is -0.137. The third-order valence-electron chi connectivity index (χ3n) is 7.13. The van der Waals surface area contributed by atoms with E-state index in [2.05, 4.69) is 19.8 Å². The summed E-state index contributed by atoms with van der Waals surface area (Å²) in [6.07, 6.45) is -1.34. The van der Waals surface area contributed by atoms with Crippen molar-refractivity contribution in [1.82, 2.24) is 19.8 Å². The van der Waals surface area contributed by atoms with Gasteiger partial charge in [0.25, 0.3) is 0 Å². The summed E-state index contributed by atoms with van der Waals surface area (Å²) in [6, 6.07) is 14.1. The van der Waals surface area contributed by atoms with E-state index in [9.17, 15) is 18.0 Å².